The summed E-state index contributed by atoms with van der Waals surface area (Å²) in [5, 5.41) is 0. The third-order valence-electron chi connectivity index (χ3n) is 2.16. The molecule has 1 amide bonds. The molecule has 0 saturated heterocycles. The number of carbonyl (C=O) groups is 3. The van der Waals surface area contributed by atoms with Crippen molar-refractivity contribution in [1.82, 2.24) is 5.43 Å². The zero-order valence-electron chi connectivity index (χ0n) is 10.6. The van der Waals surface area contributed by atoms with Gasteiger partial charge in [0.15, 0.2) is 0 Å². The van der Waals surface area contributed by atoms with Gasteiger partial charge in [0.25, 0.3) is 5.91 Å². The summed E-state index contributed by atoms with van der Waals surface area (Å²) in [6.45, 7) is 3.37. The predicted octanol–water partition coefficient (Wildman–Crippen LogP) is 0.0670. The molecule has 0 spiro atoms. The van der Waals surface area contributed by atoms with Crippen molar-refractivity contribution in [3.8, 4) is 5.75 Å². The summed E-state index contributed by atoms with van der Waals surface area (Å²) in [7, 11) is 0. The monoisotopic (exact) mass is 266 g/mol. The molecular formula is C12H14N2O5. The van der Waals surface area contributed by atoms with E-state index >= 15 is 0 Å². The molecule has 0 radical (unpaired) electrons. The largest absolute Gasteiger partial charge is 0.458 e. The number of aryl methyl sites for hydroxylation is 1. The van der Waals surface area contributed by atoms with E-state index in [1.54, 1.807) is 19.9 Å². The summed E-state index contributed by atoms with van der Waals surface area (Å²) in [6.07, 6.45) is 0. The fourth-order valence-electron chi connectivity index (χ4n) is 1.32. The van der Waals surface area contributed by atoms with Crippen LogP contribution in [0.1, 0.15) is 22.8 Å². The van der Waals surface area contributed by atoms with Gasteiger partial charge in [0.05, 0.1) is 12.2 Å². The molecule has 102 valence electrons. The highest BCUT2D eigenvalue weighted by atomic mass is 16.6. The van der Waals surface area contributed by atoms with Crippen molar-refractivity contribution >= 4 is 17.8 Å². The van der Waals surface area contributed by atoms with Gasteiger partial charge in [0.2, 0.25) is 0 Å². The molecule has 0 heterocycles. The molecule has 0 fully saturated rings. The minimum atomic E-state index is -1.20. The van der Waals surface area contributed by atoms with E-state index in [9.17, 15) is 14.4 Å². The Bertz CT molecular complexity index is 513. The van der Waals surface area contributed by atoms with Crippen molar-refractivity contribution in [2.45, 2.75) is 13.8 Å². The SMILES string of the molecule is CCOC(=O)C(=O)Oc1ccc(C)cc1C(=O)NN. The summed E-state index contributed by atoms with van der Waals surface area (Å²) in [5.41, 5.74) is 2.76. The van der Waals surface area contributed by atoms with Gasteiger partial charge in [-0.1, -0.05) is 11.6 Å². The topological polar surface area (TPSA) is 108 Å². The van der Waals surface area contributed by atoms with E-state index < -0.39 is 17.8 Å². The van der Waals surface area contributed by atoms with Gasteiger partial charge in [-0.05, 0) is 26.0 Å². The lowest BCUT2D eigenvalue weighted by Gasteiger charge is -2.09. The van der Waals surface area contributed by atoms with Crippen LogP contribution in [0.2, 0.25) is 0 Å². The quantitative estimate of drug-likeness (QED) is 0.200. The summed E-state index contributed by atoms with van der Waals surface area (Å²) >= 11 is 0. The first kappa shape index (κ1) is 14.7. The molecule has 0 bridgehead atoms. The Morgan fingerprint density at radius 2 is 1.95 bits per heavy atom. The normalized spacial score (nSPS) is 9.63. The molecule has 1 aromatic rings. The number of nitrogens with one attached hydrogen (secondary N) is 1. The maximum atomic E-state index is 11.5. The molecule has 0 aliphatic heterocycles. The van der Waals surface area contributed by atoms with Gasteiger partial charge in [-0.2, -0.15) is 0 Å². The number of rotatable bonds is 3. The van der Waals surface area contributed by atoms with Crippen molar-refractivity contribution in [2.75, 3.05) is 6.61 Å². The van der Waals surface area contributed by atoms with Gasteiger partial charge >= 0.3 is 11.9 Å². The maximum absolute atomic E-state index is 11.5. The van der Waals surface area contributed by atoms with Crippen LogP contribution in [0.15, 0.2) is 18.2 Å². The minimum Gasteiger partial charge on any atom is -0.458 e. The van der Waals surface area contributed by atoms with Gasteiger partial charge in [0.1, 0.15) is 5.75 Å². The van der Waals surface area contributed by atoms with Gasteiger partial charge < -0.3 is 9.47 Å². The molecule has 1 rings (SSSR count). The van der Waals surface area contributed by atoms with Crippen molar-refractivity contribution in [2.24, 2.45) is 5.84 Å². The molecule has 0 unspecified atom stereocenters. The molecule has 19 heavy (non-hydrogen) atoms. The molecule has 7 heteroatoms. The second-order valence-corrected chi connectivity index (χ2v) is 3.58. The number of benzene rings is 1. The lowest BCUT2D eigenvalue weighted by molar-refractivity contribution is -0.161. The molecular weight excluding hydrogens is 252 g/mol. The zero-order valence-corrected chi connectivity index (χ0v) is 10.6. The highest BCUT2D eigenvalue weighted by Gasteiger charge is 2.21. The predicted molar refractivity (Wildman–Crippen MR) is 65.1 cm³/mol. The standard InChI is InChI=1S/C12H14N2O5/c1-3-18-11(16)12(17)19-9-5-4-7(2)6-8(9)10(15)14-13/h4-6H,3,13H2,1-2H3,(H,14,15). The number of esters is 2. The molecule has 3 N–H and O–H groups in total. The van der Waals surface area contributed by atoms with Gasteiger partial charge in [-0.3, -0.25) is 10.2 Å². The van der Waals surface area contributed by atoms with Crippen molar-refractivity contribution < 1.29 is 23.9 Å². The van der Waals surface area contributed by atoms with Crippen LogP contribution in [0.5, 0.6) is 5.75 Å². The Kier molecular flexibility index (Phi) is 5.01. The maximum Gasteiger partial charge on any atom is 0.422 e. The van der Waals surface area contributed by atoms with Crippen LogP contribution >= 0.6 is 0 Å². The highest BCUT2D eigenvalue weighted by Crippen LogP contribution is 2.20. The molecule has 7 nitrogen and oxygen atoms in total. The molecule has 0 aromatic heterocycles. The first-order valence-electron chi connectivity index (χ1n) is 5.50. The number of nitrogens with two attached hydrogens (primary N) is 1. The molecule has 0 aliphatic carbocycles. The molecule has 0 aliphatic rings. The Balaban J connectivity index is 2.98. The third-order valence-corrected chi connectivity index (χ3v) is 2.16. The van der Waals surface area contributed by atoms with E-state index in [0.29, 0.717) is 0 Å². The van der Waals surface area contributed by atoms with Crippen molar-refractivity contribution in [1.29, 1.82) is 0 Å². The highest BCUT2D eigenvalue weighted by molar-refractivity contribution is 6.30. The van der Waals surface area contributed by atoms with Crippen molar-refractivity contribution in [3.05, 3.63) is 29.3 Å². The van der Waals surface area contributed by atoms with E-state index in [0.717, 1.165) is 5.56 Å². The Morgan fingerprint density at radius 1 is 1.26 bits per heavy atom. The number of amides is 1. The smallest absolute Gasteiger partial charge is 0.422 e. The average molecular weight is 266 g/mol. The summed E-state index contributed by atoms with van der Waals surface area (Å²) in [5.74, 6) is 2.02. The molecule has 1 aromatic carbocycles. The van der Waals surface area contributed by atoms with Crippen molar-refractivity contribution in [3.63, 3.8) is 0 Å². The van der Waals surface area contributed by atoms with Crippen LogP contribution < -0.4 is 16.0 Å². The molecule has 0 atom stereocenters. The Morgan fingerprint density at radius 3 is 2.53 bits per heavy atom. The van der Waals surface area contributed by atoms with E-state index in [4.69, 9.17) is 10.6 Å². The van der Waals surface area contributed by atoms with Crippen LogP contribution in [0.25, 0.3) is 0 Å². The van der Waals surface area contributed by atoms with Crippen LogP contribution in [0.4, 0.5) is 0 Å². The average Bonchev–Trinajstić information content (AvgIpc) is 2.40. The number of ether oxygens (including phenoxy) is 2. The fraction of sp³-hybridized carbons (Fsp3) is 0.250. The van der Waals surface area contributed by atoms with E-state index in [1.165, 1.54) is 12.1 Å². The minimum absolute atomic E-state index is 0.0535. The summed E-state index contributed by atoms with van der Waals surface area (Å²) < 4.78 is 9.30. The summed E-state index contributed by atoms with van der Waals surface area (Å²) in [4.78, 5) is 34.1. The third kappa shape index (κ3) is 3.78. The number of hydrogen-bond acceptors (Lipinski definition) is 6. The van der Waals surface area contributed by atoms with Gasteiger partial charge in [0, 0.05) is 0 Å². The fourth-order valence-corrected chi connectivity index (χ4v) is 1.32. The first-order chi connectivity index (χ1) is 8.99. The van der Waals surface area contributed by atoms with E-state index in [-0.39, 0.29) is 17.9 Å². The van der Waals surface area contributed by atoms with E-state index in [1.807, 2.05) is 5.43 Å². The summed E-state index contributed by atoms with van der Waals surface area (Å²) in [6, 6.07) is 4.51. The number of carbonyl (C=O) groups excluding carboxylic acids is 3. The lowest BCUT2D eigenvalue weighted by atomic mass is 10.1. The Labute approximate surface area is 109 Å². The van der Waals surface area contributed by atoms with Crippen LogP contribution in [0.3, 0.4) is 0 Å². The number of nitrogen functional groups attached to an aromatic ring is 1. The van der Waals surface area contributed by atoms with Gasteiger partial charge in [-0.25, -0.2) is 15.4 Å². The number of hydrazine groups is 1. The zero-order chi connectivity index (χ0) is 14.4. The van der Waals surface area contributed by atoms with E-state index in [2.05, 4.69) is 4.74 Å². The van der Waals surface area contributed by atoms with Crippen LogP contribution in [-0.4, -0.2) is 24.5 Å². The van der Waals surface area contributed by atoms with Crippen LogP contribution in [0, 0.1) is 6.92 Å². The first-order valence-corrected chi connectivity index (χ1v) is 5.50. The lowest BCUT2D eigenvalue weighted by Crippen LogP contribution is -2.31. The Hall–Kier alpha value is -2.41. The molecule has 0 saturated carbocycles. The van der Waals surface area contributed by atoms with Crippen LogP contribution in [-0.2, 0) is 14.3 Å². The number of hydrogen-bond donors (Lipinski definition) is 2. The second kappa shape index (κ2) is 6.50. The second-order valence-electron chi connectivity index (χ2n) is 3.58. The van der Waals surface area contributed by atoms with Gasteiger partial charge in [-0.15, -0.1) is 0 Å².